The van der Waals surface area contributed by atoms with E-state index in [2.05, 4.69) is 14.8 Å². The van der Waals surface area contributed by atoms with Gasteiger partial charge in [0, 0.05) is 23.9 Å². The summed E-state index contributed by atoms with van der Waals surface area (Å²) in [6.45, 7) is 3.98. The number of benzene rings is 1. The number of halogens is 1. The molecule has 0 bridgehead atoms. The molecule has 11 heteroatoms. The highest BCUT2D eigenvalue weighted by molar-refractivity contribution is 7.92. The standard InChI is InChI=1S/C21H24ClN5O4S/c1-12-13(2)23-18-11-16(24-27(18)20(12)28)17-9-4-5-10-26(17)21(29)19-14(22)7-6-8-15(19)25-32(3,30)31/h6-8,11,17,24-25H,4-5,9-10H2,1-3H3/t17-/m0/s1. The predicted molar refractivity (Wildman–Crippen MR) is 123 cm³/mol. The van der Waals surface area contributed by atoms with E-state index in [-0.39, 0.29) is 33.8 Å². The van der Waals surface area contributed by atoms with Gasteiger partial charge in [-0.05, 0) is 45.2 Å². The van der Waals surface area contributed by atoms with Crippen molar-refractivity contribution in [2.45, 2.75) is 39.2 Å². The van der Waals surface area contributed by atoms with E-state index >= 15 is 0 Å². The first kappa shape index (κ1) is 22.3. The second kappa shape index (κ2) is 8.25. The first-order valence-electron chi connectivity index (χ1n) is 10.2. The summed E-state index contributed by atoms with van der Waals surface area (Å²) in [6.07, 6.45) is 3.41. The Hall–Kier alpha value is -2.85. The van der Waals surface area contributed by atoms with Crippen LogP contribution in [0.1, 0.15) is 52.6 Å². The molecule has 0 aliphatic carbocycles. The van der Waals surface area contributed by atoms with E-state index in [1.165, 1.54) is 10.6 Å². The number of nitrogens with zero attached hydrogens (tertiary/aromatic N) is 3. The highest BCUT2D eigenvalue weighted by atomic mass is 35.5. The first-order chi connectivity index (χ1) is 15.1. The number of nitrogens with one attached hydrogen (secondary N) is 2. The van der Waals surface area contributed by atoms with Crippen LogP contribution in [0.3, 0.4) is 0 Å². The number of rotatable bonds is 4. The van der Waals surface area contributed by atoms with E-state index in [1.807, 2.05) is 0 Å². The number of carbonyl (C=O) groups is 1. The average molecular weight is 478 g/mol. The van der Waals surface area contributed by atoms with Crippen molar-refractivity contribution >= 4 is 38.9 Å². The maximum Gasteiger partial charge on any atom is 0.275 e. The Morgan fingerprint density at radius 1 is 1.28 bits per heavy atom. The van der Waals surface area contributed by atoms with E-state index < -0.39 is 10.0 Å². The minimum atomic E-state index is -3.61. The molecule has 1 saturated heterocycles. The number of hydrogen-bond acceptors (Lipinski definition) is 5. The Balaban J connectivity index is 1.77. The molecule has 2 N–H and O–H groups in total. The van der Waals surface area contributed by atoms with E-state index in [1.54, 1.807) is 36.9 Å². The molecule has 0 radical (unpaired) electrons. The van der Waals surface area contributed by atoms with Crippen molar-refractivity contribution in [3.63, 3.8) is 0 Å². The van der Waals surface area contributed by atoms with Crippen LogP contribution in [0.25, 0.3) is 5.65 Å². The molecule has 9 nitrogen and oxygen atoms in total. The third-order valence-electron chi connectivity index (χ3n) is 5.75. The number of anilines is 1. The van der Waals surface area contributed by atoms with Gasteiger partial charge >= 0.3 is 0 Å². The van der Waals surface area contributed by atoms with Crippen LogP contribution in [-0.2, 0) is 10.0 Å². The van der Waals surface area contributed by atoms with Gasteiger partial charge in [0.2, 0.25) is 10.0 Å². The molecule has 2 aromatic heterocycles. The molecular formula is C21H24ClN5O4S. The van der Waals surface area contributed by atoms with Crippen LogP contribution in [0.4, 0.5) is 5.69 Å². The van der Waals surface area contributed by atoms with Gasteiger partial charge in [-0.2, -0.15) is 0 Å². The van der Waals surface area contributed by atoms with Gasteiger partial charge in [-0.25, -0.2) is 17.9 Å². The summed E-state index contributed by atoms with van der Waals surface area (Å²) in [4.78, 5) is 32.4. The maximum absolute atomic E-state index is 13.6. The number of aromatic nitrogens is 3. The fraction of sp³-hybridized carbons (Fsp3) is 0.381. The number of hydrogen-bond donors (Lipinski definition) is 2. The summed E-state index contributed by atoms with van der Waals surface area (Å²) in [7, 11) is -3.61. The average Bonchev–Trinajstić information content (AvgIpc) is 3.14. The third kappa shape index (κ3) is 4.12. The molecule has 0 saturated carbocycles. The summed E-state index contributed by atoms with van der Waals surface area (Å²) in [6, 6.07) is 6.10. The number of sulfonamides is 1. The number of piperidine rings is 1. The highest BCUT2D eigenvalue weighted by Gasteiger charge is 2.32. The van der Waals surface area contributed by atoms with Crippen LogP contribution in [0.5, 0.6) is 0 Å². The Bertz CT molecular complexity index is 1380. The molecule has 3 heterocycles. The quantitative estimate of drug-likeness (QED) is 0.599. The molecule has 1 aromatic carbocycles. The van der Waals surface area contributed by atoms with Crippen LogP contribution in [-0.4, -0.2) is 46.6 Å². The maximum atomic E-state index is 13.6. The number of carbonyl (C=O) groups excluding carboxylic acids is 1. The van der Waals surface area contributed by atoms with Gasteiger partial charge in [0.1, 0.15) is 0 Å². The van der Waals surface area contributed by atoms with Crippen molar-refractivity contribution in [2.75, 3.05) is 17.5 Å². The zero-order valence-electron chi connectivity index (χ0n) is 18.0. The zero-order valence-corrected chi connectivity index (χ0v) is 19.5. The minimum Gasteiger partial charge on any atom is -0.330 e. The number of aromatic amines is 1. The summed E-state index contributed by atoms with van der Waals surface area (Å²) < 4.78 is 27.4. The van der Waals surface area contributed by atoms with Crippen molar-refractivity contribution in [1.82, 2.24) is 19.5 Å². The highest BCUT2D eigenvalue weighted by Crippen LogP contribution is 2.35. The number of fused-ring (bicyclic) bond motifs is 1. The van der Waals surface area contributed by atoms with Crippen molar-refractivity contribution in [1.29, 1.82) is 0 Å². The predicted octanol–water partition coefficient (Wildman–Crippen LogP) is 3.03. The largest absolute Gasteiger partial charge is 0.330 e. The van der Waals surface area contributed by atoms with E-state index in [0.29, 0.717) is 35.6 Å². The van der Waals surface area contributed by atoms with Gasteiger partial charge in [0.15, 0.2) is 5.65 Å². The lowest BCUT2D eigenvalue weighted by molar-refractivity contribution is 0.0607. The first-order valence-corrected chi connectivity index (χ1v) is 12.5. The number of likely N-dealkylation sites (tertiary alicyclic amines) is 1. The van der Waals surface area contributed by atoms with Crippen LogP contribution in [0, 0.1) is 13.8 Å². The molecule has 1 fully saturated rings. The van der Waals surface area contributed by atoms with Crippen molar-refractivity contribution in [2.24, 2.45) is 0 Å². The van der Waals surface area contributed by atoms with E-state index in [4.69, 9.17) is 11.6 Å². The van der Waals surface area contributed by atoms with Crippen molar-refractivity contribution < 1.29 is 13.2 Å². The molecule has 1 aliphatic heterocycles. The number of H-pyrrole nitrogens is 1. The van der Waals surface area contributed by atoms with Gasteiger partial charge < -0.3 is 4.90 Å². The van der Waals surface area contributed by atoms with E-state index in [9.17, 15) is 18.0 Å². The minimum absolute atomic E-state index is 0.101. The molecule has 0 spiro atoms. The SMILES string of the molecule is Cc1nc2cc([C@@H]3CCCCN3C(=O)c3c(Cl)cccc3NS(C)(=O)=O)[nH]n2c(=O)c1C. The van der Waals surface area contributed by atoms with Crippen molar-refractivity contribution in [3.8, 4) is 0 Å². The van der Waals surface area contributed by atoms with Crippen LogP contribution in [0.15, 0.2) is 29.1 Å². The summed E-state index contributed by atoms with van der Waals surface area (Å²) >= 11 is 6.34. The Labute approximate surface area is 190 Å². The molecule has 4 rings (SSSR count). The Morgan fingerprint density at radius 2 is 2.03 bits per heavy atom. The number of aryl methyl sites for hydroxylation is 1. The fourth-order valence-electron chi connectivity index (χ4n) is 4.08. The van der Waals surface area contributed by atoms with Crippen LogP contribution >= 0.6 is 11.6 Å². The molecule has 170 valence electrons. The molecular weight excluding hydrogens is 454 g/mol. The van der Waals surface area contributed by atoms with Gasteiger partial charge in [0.05, 0.1) is 34.3 Å². The molecule has 1 aliphatic rings. The number of amides is 1. The lowest BCUT2D eigenvalue weighted by atomic mass is 9.98. The third-order valence-corrected chi connectivity index (χ3v) is 6.65. The Kier molecular flexibility index (Phi) is 5.76. The van der Waals surface area contributed by atoms with Gasteiger partial charge in [0.25, 0.3) is 11.5 Å². The topological polar surface area (TPSA) is 117 Å². The molecule has 3 aromatic rings. The van der Waals surface area contributed by atoms with Crippen LogP contribution < -0.4 is 10.3 Å². The normalized spacial score (nSPS) is 17.0. The second-order valence-corrected chi connectivity index (χ2v) is 10.2. The monoisotopic (exact) mass is 477 g/mol. The summed E-state index contributed by atoms with van der Waals surface area (Å²) in [5, 5.41) is 3.27. The zero-order chi connectivity index (χ0) is 23.2. The summed E-state index contributed by atoms with van der Waals surface area (Å²) in [5.74, 6) is -0.377. The molecule has 1 atom stereocenters. The van der Waals surface area contributed by atoms with E-state index in [0.717, 1.165) is 19.1 Å². The van der Waals surface area contributed by atoms with Gasteiger partial charge in [-0.3, -0.25) is 19.4 Å². The fourth-order valence-corrected chi connectivity index (χ4v) is 4.90. The summed E-state index contributed by atoms with van der Waals surface area (Å²) in [5.41, 5.74) is 2.45. The molecule has 32 heavy (non-hydrogen) atoms. The van der Waals surface area contributed by atoms with Crippen LogP contribution in [0.2, 0.25) is 5.02 Å². The van der Waals surface area contributed by atoms with Gasteiger partial charge in [-0.1, -0.05) is 17.7 Å². The lowest BCUT2D eigenvalue weighted by Gasteiger charge is -2.35. The Morgan fingerprint density at radius 3 is 2.75 bits per heavy atom. The lowest BCUT2D eigenvalue weighted by Crippen LogP contribution is -2.39. The molecule has 0 unspecified atom stereocenters. The smallest absolute Gasteiger partial charge is 0.275 e. The van der Waals surface area contributed by atoms with Crippen molar-refractivity contribution in [3.05, 3.63) is 62.2 Å². The second-order valence-electron chi connectivity index (χ2n) is 8.08. The van der Waals surface area contributed by atoms with Gasteiger partial charge in [-0.15, -0.1) is 0 Å². The molecule has 1 amide bonds.